The number of aliphatic hydroxyl groups excluding tert-OH is 3. The number of carbonyl (C=O) groups excluding carboxylic acids is 2. The highest BCUT2D eigenvalue weighted by molar-refractivity contribution is 14.1. The van der Waals surface area contributed by atoms with Gasteiger partial charge in [0.1, 0.15) is 12.2 Å². The van der Waals surface area contributed by atoms with Crippen molar-refractivity contribution in [2.24, 2.45) is 5.92 Å². The van der Waals surface area contributed by atoms with Gasteiger partial charge in [-0.25, -0.2) is 0 Å². The van der Waals surface area contributed by atoms with Gasteiger partial charge < -0.3 is 35.0 Å². The van der Waals surface area contributed by atoms with Crippen molar-refractivity contribution in [1.82, 2.24) is 10.2 Å². The molecule has 1 aromatic rings. The second-order valence-corrected chi connectivity index (χ2v) is 10.5. The minimum absolute atomic E-state index is 0.0818. The van der Waals surface area contributed by atoms with Crippen molar-refractivity contribution >= 4 is 34.4 Å². The molecule has 0 fully saturated rings. The van der Waals surface area contributed by atoms with Gasteiger partial charge in [0.2, 0.25) is 11.8 Å². The van der Waals surface area contributed by atoms with E-state index in [9.17, 15) is 19.8 Å². The van der Waals surface area contributed by atoms with E-state index in [0.29, 0.717) is 45.1 Å². The first-order valence-corrected chi connectivity index (χ1v) is 13.6. The van der Waals surface area contributed by atoms with Crippen LogP contribution < -0.4 is 14.8 Å². The summed E-state index contributed by atoms with van der Waals surface area (Å²) in [7, 11) is 1.48. The van der Waals surface area contributed by atoms with E-state index >= 15 is 0 Å². The first-order chi connectivity index (χ1) is 17.7. The van der Waals surface area contributed by atoms with E-state index in [0.717, 1.165) is 6.42 Å². The number of benzene rings is 1. The molecule has 1 aliphatic rings. The van der Waals surface area contributed by atoms with Gasteiger partial charge in [0.25, 0.3) is 0 Å². The zero-order chi connectivity index (χ0) is 27.5. The maximum atomic E-state index is 13.2. The Morgan fingerprint density at radius 2 is 2.03 bits per heavy atom. The SMILES string of the molecule is CCC=CC(=O)N(CCC(C)C)C1CC(C(=O)NCCO)=CC(Oc2c(I)cc(CO)cc2OC)C1O. The molecular formula is C27H39IN2O7. The Morgan fingerprint density at radius 1 is 1.30 bits per heavy atom. The van der Waals surface area contributed by atoms with Crippen LogP contribution in [0.1, 0.15) is 45.6 Å². The quantitative estimate of drug-likeness (QED) is 0.195. The molecule has 10 heteroatoms. The summed E-state index contributed by atoms with van der Waals surface area (Å²) in [5, 5.41) is 32.9. The topological polar surface area (TPSA) is 129 Å². The largest absolute Gasteiger partial charge is 0.493 e. The second kappa shape index (κ2) is 15.3. The lowest BCUT2D eigenvalue weighted by atomic mass is 9.87. The normalized spacial score (nSPS) is 19.6. The third-order valence-corrected chi connectivity index (χ3v) is 6.87. The van der Waals surface area contributed by atoms with Crippen LogP contribution in [0.2, 0.25) is 0 Å². The van der Waals surface area contributed by atoms with Crippen LogP contribution in [0.4, 0.5) is 0 Å². The highest BCUT2D eigenvalue weighted by atomic mass is 127. The molecule has 0 saturated carbocycles. The van der Waals surface area contributed by atoms with E-state index in [-0.39, 0.29) is 32.1 Å². The van der Waals surface area contributed by atoms with Gasteiger partial charge in [-0.3, -0.25) is 9.59 Å². The maximum Gasteiger partial charge on any atom is 0.247 e. The fourth-order valence-electron chi connectivity index (χ4n) is 4.05. The number of rotatable bonds is 13. The molecule has 0 aromatic heterocycles. The van der Waals surface area contributed by atoms with Gasteiger partial charge in [0.05, 0.1) is 29.9 Å². The first kappa shape index (κ1) is 31.1. The minimum atomic E-state index is -1.13. The second-order valence-electron chi connectivity index (χ2n) is 9.31. The number of ether oxygens (including phenoxy) is 2. The predicted molar refractivity (Wildman–Crippen MR) is 149 cm³/mol. The van der Waals surface area contributed by atoms with Crippen LogP contribution in [0.3, 0.4) is 0 Å². The molecule has 37 heavy (non-hydrogen) atoms. The highest BCUT2D eigenvalue weighted by Crippen LogP contribution is 2.37. The third-order valence-electron chi connectivity index (χ3n) is 6.07. The number of carbonyl (C=O) groups is 2. The molecule has 0 radical (unpaired) electrons. The monoisotopic (exact) mass is 630 g/mol. The number of halogens is 1. The maximum absolute atomic E-state index is 13.2. The van der Waals surface area contributed by atoms with Crippen LogP contribution in [0.15, 0.2) is 35.9 Å². The summed E-state index contributed by atoms with van der Waals surface area (Å²) in [4.78, 5) is 27.7. The molecule has 1 aliphatic carbocycles. The molecule has 0 bridgehead atoms. The van der Waals surface area contributed by atoms with Gasteiger partial charge in [0, 0.05) is 25.1 Å². The van der Waals surface area contributed by atoms with Gasteiger partial charge in [0.15, 0.2) is 11.5 Å². The Balaban J connectivity index is 2.51. The van der Waals surface area contributed by atoms with E-state index in [1.807, 2.05) is 6.92 Å². The van der Waals surface area contributed by atoms with E-state index < -0.39 is 24.2 Å². The number of allylic oxidation sites excluding steroid dienone is 1. The van der Waals surface area contributed by atoms with Crippen LogP contribution in [0, 0.1) is 9.49 Å². The van der Waals surface area contributed by atoms with Crippen molar-refractivity contribution in [3.05, 3.63) is 45.1 Å². The summed E-state index contributed by atoms with van der Waals surface area (Å²) < 4.78 is 12.4. The van der Waals surface area contributed by atoms with Gasteiger partial charge in [-0.1, -0.05) is 26.8 Å². The molecule has 0 spiro atoms. The summed E-state index contributed by atoms with van der Waals surface area (Å²) in [5.74, 6) is 0.446. The molecule has 3 unspecified atom stereocenters. The number of aliphatic hydroxyl groups is 3. The molecule has 4 N–H and O–H groups in total. The zero-order valence-electron chi connectivity index (χ0n) is 21.9. The Hall–Kier alpha value is -2.15. The average molecular weight is 631 g/mol. The number of amides is 2. The summed E-state index contributed by atoms with van der Waals surface area (Å²) in [6, 6.07) is 2.69. The van der Waals surface area contributed by atoms with Crippen LogP contribution in [-0.2, 0) is 16.2 Å². The van der Waals surface area contributed by atoms with Crippen LogP contribution in [-0.4, -0.2) is 77.1 Å². The lowest BCUT2D eigenvalue weighted by molar-refractivity contribution is -0.133. The van der Waals surface area contributed by atoms with Crippen molar-refractivity contribution in [3.8, 4) is 11.5 Å². The summed E-state index contributed by atoms with van der Waals surface area (Å²) in [5.41, 5.74) is 1.000. The lowest BCUT2D eigenvalue weighted by Crippen LogP contribution is -2.55. The average Bonchev–Trinajstić information content (AvgIpc) is 2.88. The molecule has 206 valence electrons. The summed E-state index contributed by atoms with van der Waals surface area (Å²) >= 11 is 2.06. The molecule has 1 aromatic carbocycles. The van der Waals surface area contributed by atoms with E-state index in [2.05, 4.69) is 41.8 Å². The standard InChI is InChI=1S/C27H39IN2O7/c1-5-6-7-24(33)30(10-8-17(2)3)21-14-19(27(35)29-9-11-31)15-22(25(21)34)37-26-20(28)12-18(16-32)13-23(26)36-4/h6-7,12-13,15,17,21-22,25,31-32,34H,5,8-11,14,16H2,1-4H3,(H,29,35). The van der Waals surface area contributed by atoms with Gasteiger partial charge >= 0.3 is 0 Å². The number of hydrogen-bond acceptors (Lipinski definition) is 7. The van der Waals surface area contributed by atoms with Crippen molar-refractivity contribution in [3.63, 3.8) is 0 Å². The van der Waals surface area contributed by atoms with Crippen molar-refractivity contribution in [2.45, 2.75) is 64.9 Å². The molecule has 9 nitrogen and oxygen atoms in total. The lowest BCUT2D eigenvalue weighted by Gasteiger charge is -2.40. The Bertz CT molecular complexity index is 980. The zero-order valence-corrected chi connectivity index (χ0v) is 24.1. The van der Waals surface area contributed by atoms with Crippen LogP contribution in [0.25, 0.3) is 0 Å². The molecule has 3 atom stereocenters. The van der Waals surface area contributed by atoms with E-state index in [1.165, 1.54) is 13.2 Å². The summed E-state index contributed by atoms with van der Waals surface area (Å²) in [6.45, 7) is 6.17. The fourth-order valence-corrected chi connectivity index (χ4v) is 4.84. The van der Waals surface area contributed by atoms with Crippen molar-refractivity contribution in [2.75, 3.05) is 26.8 Å². The van der Waals surface area contributed by atoms with Gasteiger partial charge in [-0.15, -0.1) is 0 Å². The molecule has 0 heterocycles. The molecular weight excluding hydrogens is 591 g/mol. The van der Waals surface area contributed by atoms with Crippen LogP contribution in [0.5, 0.6) is 11.5 Å². The Kier molecular flexibility index (Phi) is 12.9. The molecule has 0 aliphatic heterocycles. The number of nitrogens with zero attached hydrogens (tertiary/aromatic N) is 1. The van der Waals surface area contributed by atoms with Crippen molar-refractivity contribution < 1.29 is 34.4 Å². The predicted octanol–water partition coefficient (Wildman–Crippen LogP) is 2.55. The van der Waals surface area contributed by atoms with E-state index in [4.69, 9.17) is 14.6 Å². The highest BCUT2D eigenvalue weighted by Gasteiger charge is 2.40. The minimum Gasteiger partial charge on any atom is -0.493 e. The third kappa shape index (κ3) is 8.69. The Morgan fingerprint density at radius 3 is 2.62 bits per heavy atom. The van der Waals surface area contributed by atoms with Gasteiger partial charge in [-0.2, -0.15) is 0 Å². The smallest absolute Gasteiger partial charge is 0.247 e. The van der Waals surface area contributed by atoms with Gasteiger partial charge in [-0.05, 0) is 71.2 Å². The number of hydrogen-bond donors (Lipinski definition) is 4. The number of nitrogens with one attached hydrogen (secondary N) is 1. The molecule has 2 amide bonds. The first-order valence-electron chi connectivity index (χ1n) is 12.6. The summed E-state index contributed by atoms with van der Waals surface area (Å²) in [6.07, 6.45) is 4.32. The van der Waals surface area contributed by atoms with E-state index in [1.54, 1.807) is 29.2 Å². The molecule has 2 rings (SSSR count). The Labute approximate surface area is 232 Å². The fraction of sp³-hybridized carbons (Fsp3) is 0.556. The van der Waals surface area contributed by atoms with Crippen molar-refractivity contribution in [1.29, 1.82) is 0 Å². The molecule has 0 saturated heterocycles. The van der Waals surface area contributed by atoms with Crippen LogP contribution >= 0.6 is 22.6 Å². The number of methoxy groups -OCH3 is 1.